The predicted molar refractivity (Wildman–Crippen MR) is 101 cm³/mol. The van der Waals surface area contributed by atoms with Gasteiger partial charge in [0, 0.05) is 49.0 Å². The Morgan fingerprint density at radius 1 is 1.04 bits per heavy atom. The summed E-state index contributed by atoms with van der Waals surface area (Å²) < 4.78 is 1.32. The third kappa shape index (κ3) is 2.89. The number of phenols is 1. The number of anilines is 1. The van der Waals surface area contributed by atoms with E-state index in [4.69, 9.17) is 0 Å². The van der Waals surface area contributed by atoms with Gasteiger partial charge in [-0.25, -0.2) is 0 Å². The van der Waals surface area contributed by atoms with Crippen molar-refractivity contribution in [3.63, 3.8) is 0 Å². The molecule has 1 saturated heterocycles. The molecule has 1 fully saturated rings. The Bertz CT molecular complexity index is 819. The Morgan fingerprint density at radius 2 is 1.79 bits per heavy atom. The van der Waals surface area contributed by atoms with E-state index in [9.17, 15) is 5.11 Å². The first-order valence-corrected chi connectivity index (χ1v) is 9.44. The van der Waals surface area contributed by atoms with Gasteiger partial charge in [0.05, 0.1) is 11.1 Å². The summed E-state index contributed by atoms with van der Waals surface area (Å²) in [4.78, 5) is 7.36. The van der Waals surface area contributed by atoms with Crippen LogP contribution >= 0.6 is 11.3 Å². The van der Waals surface area contributed by atoms with Gasteiger partial charge in [-0.3, -0.25) is 0 Å². The molecule has 2 aromatic rings. The van der Waals surface area contributed by atoms with Crippen LogP contribution in [0, 0.1) is 0 Å². The Labute approximate surface area is 146 Å². The average molecular weight is 341 g/mol. The molecule has 0 saturated carbocycles. The lowest BCUT2D eigenvalue weighted by Crippen LogP contribution is -2.50. The molecule has 0 spiro atoms. The molecule has 2 aliphatic heterocycles. The fraction of sp³-hybridized carbons (Fsp3) is 0.368. The number of phenolic OH excluding ortho intramolecular Hbond substituents is 1. The van der Waals surface area contributed by atoms with E-state index < -0.39 is 0 Å². The van der Waals surface area contributed by atoms with Gasteiger partial charge < -0.3 is 19.8 Å². The standard InChI is InChI=1S/C19H23N3OS/c1-2-20-8-10-21(11-9-20)18-13-22(14-19-17(18)7-12-24-19)15-3-5-16(23)6-4-15/h3-7,12,14,23H,2,8-11,13H2,1H3. The van der Waals surface area contributed by atoms with E-state index in [0.717, 1.165) is 45.0 Å². The van der Waals surface area contributed by atoms with E-state index in [1.165, 1.54) is 15.4 Å². The minimum absolute atomic E-state index is 0.312. The zero-order valence-corrected chi connectivity index (χ0v) is 14.8. The molecule has 0 amide bonds. The van der Waals surface area contributed by atoms with Gasteiger partial charge >= 0.3 is 0 Å². The van der Waals surface area contributed by atoms with Crippen molar-refractivity contribution in [2.24, 2.45) is 0 Å². The summed E-state index contributed by atoms with van der Waals surface area (Å²) in [6.45, 7) is 8.75. The molecule has 4 nitrogen and oxygen atoms in total. The number of piperazine rings is 1. The molecule has 0 radical (unpaired) electrons. The smallest absolute Gasteiger partial charge is 0.115 e. The minimum Gasteiger partial charge on any atom is -0.508 e. The maximum atomic E-state index is 9.54. The van der Waals surface area contributed by atoms with Crippen molar-refractivity contribution in [1.82, 2.24) is 9.80 Å². The van der Waals surface area contributed by atoms with E-state index in [2.05, 4.69) is 39.3 Å². The molecule has 2 aliphatic rings. The van der Waals surface area contributed by atoms with Crippen LogP contribution < -0.4 is 14.7 Å². The van der Waals surface area contributed by atoms with Crippen molar-refractivity contribution in [1.29, 1.82) is 0 Å². The van der Waals surface area contributed by atoms with Crippen LogP contribution in [0.3, 0.4) is 0 Å². The molecule has 126 valence electrons. The molecule has 1 aromatic carbocycles. The number of hydrogen-bond acceptors (Lipinski definition) is 5. The summed E-state index contributed by atoms with van der Waals surface area (Å²) in [7, 11) is 0. The van der Waals surface area contributed by atoms with Gasteiger partial charge in [-0.1, -0.05) is 6.92 Å². The van der Waals surface area contributed by atoms with Crippen LogP contribution in [0.25, 0.3) is 11.9 Å². The summed E-state index contributed by atoms with van der Waals surface area (Å²) in [5, 5.41) is 13.1. The lowest BCUT2D eigenvalue weighted by atomic mass is 10.1. The maximum absolute atomic E-state index is 9.54. The fourth-order valence-corrected chi connectivity index (χ4v) is 4.36. The third-order valence-electron chi connectivity index (χ3n) is 4.98. The third-order valence-corrected chi connectivity index (χ3v) is 5.83. The molecule has 0 aliphatic carbocycles. The first-order chi connectivity index (χ1) is 11.7. The maximum Gasteiger partial charge on any atom is 0.115 e. The topological polar surface area (TPSA) is 30.0 Å². The molecular weight excluding hydrogens is 318 g/mol. The van der Waals surface area contributed by atoms with Crippen molar-refractivity contribution >= 4 is 28.9 Å². The van der Waals surface area contributed by atoms with Gasteiger partial charge in [0.15, 0.2) is 0 Å². The van der Waals surface area contributed by atoms with Crippen molar-refractivity contribution in [3.05, 3.63) is 45.5 Å². The van der Waals surface area contributed by atoms with Crippen molar-refractivity contribution < 1.29 is 5.11 Å². The number of fused-ring (bicyclic) bond motifs is 1. The van der Waals surface area contributed by atoms with Crippen LogP contribution in [-0.4, -0.2) is 54.2 Å². The van der Waals surface area contributed by atoms with Crippen LogP contribution in [0.2, 0.25) is 0 Å². The second-order valence-electron chi connectivity index (χ2n) is 6.34. The second-order valence-corrected chi connectivity index (χ2v) is 7.29. The van der Waals surface area contributed by atoms with Crippen LogP contribution in [0.5, 0.6) is 5.75 Å². The monoisotopic (exact) mass is 341 g/mol. The Morgan fingerprint density at radius 3 is 2.50 bits per heavy atom. The van der Waals surface area contributed by atoms with Gasteiger partial charge in [-0.05, 0) is 42.3 Å². The molecule has 4 rings (SSSR count). The van der Waals surface area contributed by atoms with E-state index in [1.807, 2.05) is 12.1 Å². The first-order valence-electron chi connectivity index (χ1n) is 8.56. The van der Waals surface area contributed by atoms with E-state index >= 15 is 0 Å². The lowest BCUT2D eigenvalue weighted by Gasteiger charge is -2.39. The van der Waals surface area contributed by atoms with Gasteiger partial charge in [0.2, 0.25) is 0 Å². The quantitative estimate of drug-likeness (QED) is 0.915. The van der Waals surface area contributed by atoms with Crippen molar-refractivity contribution in [2.45, 2.75) is 6.92 Å². The number of likely N-dealkylation sites (N-methyl/N-ethyl adjacent to an activating group) is 1. The highest BCUT2D eigenvalue weighted by Crippen LogP contribution is 2.22. The summed E-state index contributed by atoms with van der Waals surface area (Å²) in [5.41, 5.74) is 2.55. The predicted octanol–water partition coefficient (Wildman–Crippen LogP) is 1.46. The Hall–Kier alpha value is -1.98. The van der Waals surface area contributed by atoms with Gasteiger partial charge in [-0.2, -0.15) is 0 Å². The molecule has 1 aromatic heterocycles. The highest BCUT2D eigenvalue weighted by atomic mass is 32.1. The van der Waals surface area contributed by atoms with Crippen LogP contribution in [0.4, 0.5) is 5.69 Å². The van der Waals surface area contributed by atoms with E-state index in [1.54, 1.807) is 23.5 Å². The summed E-state index contributed by atoms with van der Waals surface area (Å²) in [6.07, 6.45) is 2.23. The number of benzene rings is 1. The molecule has 24 heavy (non-hydrogen) atoms. The second kappa shape index (κ2) is 6.49. The number of aromatic hydroxyl groups is 1. The summed E-state index contributed by atoms with van der Waals surface area (Å²) in [5.74, 6) is 0.312. The lowest BCUT2D eigenvalue weighted by molar-refractivity contribution is 0.180. The molecule has 0 atom stereocenters. The van der Waals surface area contributed by atoms with Crippen LogP contribution in [0.15, 0.2) is 35.7 Å². The largest absolute Gasteiger partial charge is 0.508 e. The molecular formula is C19H23N3OS. The molecule has 3 heterocycles. The highest BCUT2D eigenvalue weighted by molar-refractivity contribution is 7.07. The first kappa shape index (κ1) is 15.5. The fourth-order valence-electron chi connectivity index (χ4n) is 3.51. The molecule has 0 unspecified atom stereocenters. The van der Waals surface area contributed by atoms with Crippen molar-refractivity contribution in [2.75, 3.05) is 44.2 Å². The molecule has 0 bridgehead atoms. The van der Waals surface area contributed by atoms with Gasteiger partial charge in [0.25, 0.3) is 0 Å². The summed E-state index contributed by atoms with van der Waals surface area (Å²) in [6, 6.07) is 9.74. The number of hydrogen-bond donors (Lipinski definition) is 1. The van der Waals surface area contributed by atoms with E-state index in [-0.39, 0.29) is 0 Å². The number of nitrogens with zero attached hydrogens (tertiary/aromatic N) is 3. The van der Waals surface area contributed by atoms with Gasteiger partial charge in [-0.15, -0.1) is 11.3 Å². The van der Waals surface area contributed by atoms with Crippen LogP contribution in [-0.2, 0) is 0 Å². The average Bonchev–Trinajstić information content (AvgIpc) is 3.10. The molecule has 5 heteroatoms. The van der Waals surface area contributed by atoms with Gasteiger partial charge in [0.1, 0.15) is 5.75 Å². The SMILES string of the molecule is CCN1CCN(C2=c3ccsc3=CN(c3ccc(O)cc3)C2)CC1. The number of thiophene rings is 1. The number of rotatable bonds is 3. The zero-order chi connectivity index (χ0) is 16.5. The minimum atomic E-state index is 0.312. The van der Waals surface area contributed by atoms with Crippen molar-refractivity contribution in [3.8, 4) is 5.75 Å². The Kier molecular flexibility index (Phi) is 4.21. The Balaban J connectivity index is 1.66. The van der Waals surface area contributed by atoms with E-state index in [0.29, 0.717) is 5.75 Å². The summed E-state index contributed by atoms with van der Waals surface area (Å²) >= 11 is 1.80. The van der Waals surface area contributed by atoms with Crippen LogP contribution in [0.1, 0.15) is 6.92 Å². The zero-order valence-electron chi connectivity index (χ0n) is 14.0. The molecule has 1 N–H and O–H groups in total. The highest BCUT2D eigenvalue weighted by Gasteiger charge is 2.22. The normalized spacial score (nSPS) is 18.5.